The van der Waals surface area contributed by atoms with Crippen LogP contribution in [0.5, 0.6) is 0 Å². The van der Waals surface area contributed by atoms with Crippen molar-refractivity contribution in [2.45, 2.75) is 45.1 Å². The zero-order chi connectivity index (χ0) is 11.2. The minimum Gasteiger partial charge on any atom is -0.305 e. The second kappa shape index (κ2) is 6.11. The standard InChI is InChI=1S/C12H19N3S/c1-2-13-12(11-9-14-16-15-11)10-7-5-3-4-6-8-10/h7,9,12-13H,2-6,8H2,1H3. The van der Waals surface area contributed by atoms with Gasteiger partial charge in [0.2, 0.25) is 0 Å². The number of nitrogens with one attached hydrogen (secondary N) is 1. The Morgan fingerprint density at radius 3 is 3.12 bits per heavy atom. The molecule has 1 aromatic heterocycles. The molecular formula is C12H19N3S. The fourth-order valence-corrected chi connectivity index (χ4v) is 2.68. The third-order valence-electron chi connectivity index (χ3n) is 3.03. The van der Waals surface area contributed by atoms with E-state index in [1.807, 2.05) is 6.20 Å². The molecule has 1 aliphatic carbocycles. The fraction of sp³-hybridized carbons (Fsp3) is 0.667. The lowest BCUT2D eigenvalue weighted by molar-refractivity contribution is 0.581. The summed E-state index contributed by atoms with van der Waals surface area (Å²) in [4.78, 5) is 0. The molecule has 0 aliphatic heterocycles. The lowest BCUT2D eigenvalue weighted by atomic mass is 9.99. The molecule has 1 aromatic rings. The molecule has 1 atom stereocenters. The maximum absolute atomic E-state index is 4.37. The van der Waals surface area contributed by atoms with Crippen LogP contribution in [0.2, 0.25) is 0 Å². The van der Waals surface area contributed by atoms with Crippen LogP contribution in [-0.2, 0) is 0 Å². The molecule has 4 heteroatoms. The molecule has 1 aliphatic rings. The van der Waals surface area contributed by atoms with Gasteiger partial charge in [-0.2, -0.15) is 8.75 Å². The van der Waals surface area contributed by atoms with Crippen LogP contribution < -0.4 is 5.32 Å². The van der Waals surface area contributed by atoms with Crippen molar-refractivity contribution < 1.29 is 0 Å². The first-order chi connectivity index (χ1) is 7.92. The van der Waals surface area contributed by atoms with Gasteiger partial charge < -0.3 is 5.32 Å². The topological polar surface area (TPSA) is 37.8 Å². The Balaban J connectivity index is 2.14. The SMILES string of the molecule is CCNC(C1=CCCCCC1)c1cnsn1. The van der Waals surface area contributed by atoms with E-state index in [-0.39, 0.29) is 0 Å². The third kappa shape index (κ3) is 2.89. The Morgan fingerprint density at radius 2 is 2.38 bits per heavy atom. The van der Waals surface area contributed by atoms with Crippen LogP contribution in [0.15, 0.2) is 17.8 Å². The molecule has 0 saturated heterocycles. The van der Waals surface area contributed by atoms with Crippen molar-refractivity contribution in [1.29, 1.82) is 0 Å². The number of likely N-dealkylation sites (N-methyl/N-ethyl adjacent to an activating group) is 1. The van der Waals surface area contributed by atoms with Crippen molar-refractivity contribution >= 4 is 11.7 Å². The molecule has 0 aromatic carbocycles. The van der Waals surface area contributed by atoms with E-state index in [9.17, 15) is 0 Å². The van der Waals surface area contributed by atoms with Crippen LogP contribution in [0.4, 0.5) is 0 Å². The quantitative estimate of drug-likeness (QED) is 0.818. The van der Waals surface area contributed by atoms with Crippen LogP contribution in [0.1, 0.15) is 50.8 Å². The highest BCUT2D eigenvalue weighted by Gasteiger charge is 2.18. The van der Waals surface area contributed by atoms with E-state index >= 15 is 0 Å². The maximum Gasteiger partial charge on any atom is 0.0954 e. The molecule has 0 bridgehead atoms. The van der Waals surface area contributed by atoms with Gasteiger partial charge >= 0.3 is 0 Å². The molecular weight excluding hydrogens is 218 g/mol. The highest BCUT2D eigenvalue weighted by molar-refractivity contribution is 6.99. The smallest absolute Gasteiger partial charge is 0.0954 e. The van der Waals surface area contributed by atoms with Gasteiger partial charge in [-0.25, -0.2) is 0 Å². The summed E-state index contributed by atoms with van der Waals surface area (Å²) < 4.78 is 8.48. The minimum absolute atomic E-state index is 0.293. The van der Waals surface area contributed by atoms with E-state index < -0.39 is 0 Å². The summed E-state index contributed by atoms with van der Waals surface area (Å²) in [5.74, 6) is 0. The minimum atomic E-state index is 0.293. The van der Waals surface area contributed by atoms with Gasteiger partial charge in [-0.1, -0.05) is 25.0 Å². The average molecular weight is 237 g/mol. The van der Waals surface area contributed by atoms with Crippen LogP contribution in [-0.4, -0.2) is 15.3 Å². The van der Waals surface area contributed by atoms with Crippen LogP contribution in [0.25, 0.3) is 0 Å². The molecule has 1 N–H and O–H groups in total. The molecule has 3 nitrogen and oxygen atoms in total. The number of allylic oxidation sites excluding steroid dienone is 1. The normalized spacial score (nSPS) is 18.9. The van der Waals surface area contributed by atoms with Gasteiger partial charge in [-0.3, -0.25) is 0 Å². The number of hydrogen-bond donors (Lipinski definition) is 1. The predicted molar refractivity (Wildman–Crippen MR) is 67.5 cm³/mol. The van der Waals surface area contributed by atoms with Gasteiger partial charge in [0.1, 0.15) is 0 Å². The van der Waals surface area contributed by atoms with Crippen molar-refractivity contribution in [1.82, 2.24) is 14.1 Å². The summed E-state index contributed by atoms with van der Waals surface area (Å²) in [5.41, 5.74) is 2.59. The van der Waals surface area contributed by atoms with Crippen LogP contribution in [0, 0.1) is 0 Å². The first-order valence-electron chi connectivity index (χ1n) is 6.11. The molecule has 16 heavy (non-hydrogen) atoms. The van der Waals surface area contributed by atoms with Crippen molar-refractivity contribution in [3.63, 3.8) is 0 Å². The number of rotatable bonds is 4. The van der Waals surface area contributed by atoms with Crippen molar-refractivity contribution in [3.8, 4) is 0 Å². The third-order valence-corrected chi connectivity index (χ3v) is 3.52. The molecule has 0 saturated carbocycles. The maximum atomic E-state index is 4.37. The van der Waals surface area contributed by atoms with Gasteiger partial charge in [0.15, 0.2) is 0 Å². The number of hydrogen-bond acceptors (Lipinski definition) is 4. The van der Waals surface area contributed by atoms with E-state index in [0.29, 0.717) is 6.04 Å². The summed E-state index contributed by atoms with van der Waals surface area (Å²) >= 11 is 1.30. The van der Waals surface area contributed by atoms with E-state index in [2.05, 4.69) is 27.1 Å². The molecule has 1 heterocycles. The average Bonchev–Trinajstić information content (AvgIpc) is 2.69. The second-order valence-corrected chi connectivity index (χ2v) is 4.76. The van der Waals surface area contributed by atoms with E-state index in [1.165, 1.54) is 49.4 Å². The van der Waals surface area contributed by atoms with E-state index in [0.717, 1.165) is 12.2 Å². The largest absolute Gasteiger partial charge is 0.305 e. The molecule has 0 amide bonds. The van der Waals surface area contributed by atoms with Gasteiger partial charge in [-0.05, 0) is 32.2 Å². The molecule has 2 rings (SSSR count). The summed E-state index contributed by atoms with van der Waals surface area (Å²) in [6, 6.07) is 0.293. The summed E-state index contributed by atoms with van der Waals surface area (Å²) in [5, 5.41) is 3.52. The monoisotopic (exact) mass is 237 g/mol. The van der Waals surface area contributed by atoms with Crippen molar-refractivity contribution in [2.24, 2.45) is 0 Å². The molecule has 0 radical (unpaired) electrons. The molecule has 0 spiro atoms. The Hall–Kier alpha value is -0.740. The molecule has 1 unspecified atom stereocenters. The van der Waals surface area contributed by atoms with Crippen LogP contribution in [0.3, 0.4) is 0 Å². The first kappa shape index (κ1) is 11.7. The van der Waals surface area contributed by atoms with Gasteiger partial charge in [0, 0.05) is 0 Å². The Labute approximate surface area is 101 Å². The van der Waals surface area contributed by atoms with Crippen LogP contribution >= 0.6 is 11.7 Å². The Kier molecular flexibility index (Phi) is 4.48. The Morgan fingerprint density at radius 1 is 1.44 bits per heavy atom. The first-order valence-corrected chi connectivity index (χ1v) is 6.84. The van der Waals surface area contributed by atoms with Gasteiger partial charge in [0.25, 0.3) is 0 Å². The van der Waals surface area contributed by atoms with Gasteiger partial charge in [0.05, 0.1) is 29.7 Å². The number of aromatic nitrogens is 2. The highest BCUT2D eigenvalue weighted by atomic mass is 32.1. The number of nitrogens with zero attached hydrogens (tertiary/aromatic N) is 2. The van der Waals surface area contributed by atoms with Crippen molar-refractivity contribution in [3.05, 3.63) is 23.5 Å². The lowest BCUT2D eigenvalue weighted by Crippen LogP contribution is -2.23. The zero-order valence-corrected chi connectivity index (χ0v) is 10.6. The lowest BCUT2D eigenvalue weighted by Gasteiger charge is -2.18. The van der Waals surface area contributed by atoms with E-state index in [4.69, 9.17) is 0 Å². The fourth-order valence-electron chi connectivity index (χ4n) is 2.23. The second-order valence-electron chi connectivity index (χ2n) is 4.20. The Bertz CT molecular complexity index is 332. The van der Waals surface area contributed by atoms with Gasteiger partial charge in [-0.15, -0.1) is 0 Å². The van der Waals surface area contributed by atoms with Crippen molar-refractivity contribution in [2.75, 3.05) is 6.54 Å². The molecule has 88 valence electrons. The summed E-state index contributed by atoms with van der Waals surface area (Å²) in [6.45, 7) is 3.11. The zero-order valence-electron chi connectivity index (χ0n) is 9.78. The summed E-state index contributed by atoms with van der Waals surface area (Å²) in [7, 11) is 0. The predicted octanol–water partition coefficient (Wildman–Crippen LogP) is 3.08. The highest BCUT2D eigenvalue weighted by Crippen LogP contribution is 2.28. The van der Waals surface area contributed by atoms with E-state index in [1.54, 1.807) is 0 Å². The summed E-state index contributed by atoms with van der Waals surface area (Å²) in [6.07, 6.45) is 10.7. The molecule has 0 fully saturated rings.